The Labute approximate surface area is 134 Å². The minimum absolute atomic E-state index is 0.0778. The summed E-state index contributed by atoms with van der Waals surface area (Å²) in [5, 5.41) is 5.05. The van der Waals surface area contributed by atoms with E-state index in [2.05, 4.69) is 36.2 Å². The highest BCUT2D eigenvalue weighted by Crippen LogP contribution is 2.26. The van der Waals surface area contributed by atoms with Gasteiger partial charge in [0.15, 0.2) is 0 Å². The summed E-state index contributed by atoms with van der Waals surface area (Å²) < 4.78 is 6.68. The number of aromatic nitrogens is 3. The summed E-state index contributed by atoms with van der Waals surface area (Å²) in [6.07, 6.45) is 0. The Morgan fingerprint density at radius 2 is 1.81 bits per heavy atom. The summed E-state index contributed by atoms with van der Waals surface area (Å²) in [5.74, 6) is 0.990. The fourth-order valence-corrected chi connectivity index (χ4v) is 2.38. The van der Waals surface area contributed by atoms with Crippen LogP contribution in [0.4, 0.5) is 5.95 Å². The van der Waals surface area contributed by atoms with Crippen LogP contribution in [0.2, 0.25) is 5.28 Å². The van der Waals surface area contributed by atoms with Crippen LogP contribution in [-0.2, 0) is 0 Å². The van der Waals surface area contributed by atoms with Gasteiger partial charge < -0.3 is 10.1 Å². The van der Waals surface area contributed by atoms with Gasteiger partial charge in [0.25, 0.3) is 0 Å². The number of halogens is 2. The van der Waals surface area contributed by atoms with Crippen molar-refractivity contribution in [2.45, 2.75) is 0 Å². The molecule has 3 rings (SSSR count). The van der Waals surface area contributed by atoms with E-state index in [-0.39, 0.29) is 11.3 Å². The van der Waals surface area contributed by atoms with Crippen LogP contribution in [0.5, 0.6) is 11.8 Å². The van der Waals surface area contributed by atoms with E-state index in [1.165, 1.54) is 0 Å². The smallest absolute Gasteiger partial charge is 0.328 e. The molecule has 0 atom stereocenters. The number of rotatable bonds is 3. The van der Waals surface area contributed by atoms with Crippen molar-refractivity contribution in [1.29, 1.82) is 0 Å². The minimum atomic E-state index is 0.0778. The van der Waals surface area contributed by atoms with Crippen LogP contribution < -0.4 is 10.1 Å². The molecule has 106 valence electrons. The predicted molar refractivity (Wildman–Crippen MR) is 86.1 cm³/mol. The zero-order chi connectivity index (χ0) is 14.8. The van der Waals surface area contributed by atoms with Crippen LogP contribution >= 0.6 is 27.5 Å². The van der Waals surface area contributed by atoms with Crippen molar-refractivity contribution >= 4 is 44.3 Å². The lowest BCUT2D eigenvalue weighted by Gasteiger charge is -2.07. The predicted octanol–water partition coefficient (Wildman–Crippen LogP) is 4.27. The van der Waals surface area contributed by atoms with Gasteiger partial charge in [-0.25, -0.2) is 0 Å². The van der Waals surface area contributed by atoms with Crippen molar-refractivity contribution in [2.24, 2.45) is 0 Å². The van der Waals surface area contributed by atoms with E-state index in [4.69, 9.17) is 16.3 Å². The normalized spacial score (nSPS) is 10.6. The van der Waals surface area contributed by atoms with Gasteiger partial charge in [-0.3, -0.25) is 0 Å². The van der Waals surface area contributed by atoms with Crippen molar-refractivity contribution in [3.05, 3.63) is 46.2 Å². The molecule has 0 radical (unpaired) electrons. The first-order valence-electron chi connectivity index (χ1n) is 6.10. The Hall–Kier alpha value is -1.92. The molecule has 3 aromatic rings. The summed E-state index contributed by atoms with van der Waals surface area (Å²) >= 11 is 9.27. The lowest BCUT2D eigenvalue weighted by Crippen LogP contribution is -2.01. The lowest BCUT2D eigenvalue weighted by atomic mass is 10.1. The Morgan fingerprint density at radius 3 is 2.62 bits per heavy atom. The van der Waals surface area contributed by atoms with Gasteiger partial charge in [0.05, 0.1) is 0 Å². The lowest BCUT2D eigenvalue weighted by molar-refractivity contribution is 0.441. The SMILES string of the molecule is CNc1nc(Cl)nc(Oc2ccc3cc(Br)ccc3c2)n1. The second-order valence-electron chi connectivity index (χ2n) is 4.22. The molecule has 0 amide bonds. The molecule has 0 saturated heterocycles. The average Bonchev–Trinajstić information content (AvgIpc) is 2.47. The maximum atomic E-state index is 5.82. The molecule has 0 saturated carbocycles. The van der Waals surface area contributed by atoms with Gasteiger partial charge in [-0.05, 0) is 46.6 Å². The minimum Gasteiger partial charge on any atom is -0.424 e. The molecule has 1 heterocycles. The Bertz CT molecular complexity index is 812. The molecule has 0 unspecified atom stereocenters. The summed E-state index contributed by atoms with van der Waals surface area (Å²) in [7, 11) is 1.70. The molecule has 1 aromatic heterocycles. The average molecular weight is 366 g/mol. The number of anilines is 1. The highest BCUT2D eigenvalue weighted by atomic mass is 79.9. The second kappa shape index (κ2) is 5.83. The maximum Gasteiger partial charge on any atom is 0.328 e. The third-order valence-corrected chi connectivity index (χ3v) is 3.46. The molecule has 0 aliphatic heterocycles. The molecule has 21 heavy (non-hydrogen) atoms. The highest BCUT2D eigenvalue weighted by molar-refractivity contribution is 9.10. The number of hydrogen-bond donors (Lipinski definition) is 1. The molecule has 0 spiro atoms. The van der Waals surface area contributed by atoms with Gasteiger partial charge in [-0.2, -0.15) is 15.0 Å². The maximum absolute atomic E-state index is 5.82. The summed E-state index contributed by atoms with van der Waals surface area (Å²) in [5.41, 5.74) is 0. The van der Waals surface area contributed by atoms with Gasteiger partial charge in [-0.1, -0.05) is 28.1 Å². The van der Waals surface area contributed by atoms with Crippen LogP contribution in [-0.4, -0.2) is 22.0 Å². The number of hydrogen-bond acceptors (Lipinski definition) is 5. The van der Waals surface area contributed by atoms with E-state index in [1.807, 2.05) is 36.4 Å². The van der Waals surface area contributed by atoms with Crippen molar-refractivity contribution in [3.8, 4) is 11.8 Å². The summed E-state index contributed by atoms with van der Waals surface area (Å²) in [4.78, 5) is 11.9. The molecular formula is C14H10BrClN4O. The quantitative estimate of drug-likeness (QED) is 0.751. The first-order valence-corrected chi connectivity index (χ1v) is 7.27. The van der Waals surface area contributed by atoms with Crippen molar-refractivity contribution in [2.75, 3.05) is 12.4 Å². The topological polar surface area (TPSA) is 59.9 Å². The van der Waals surface area contributed by atoms with Gasteiger partial charge in [0.2, 0.25) is 11.2 Å². The fraction of sp³-hybridized carbons (Fsp3) is 0.0714. The largest absolute Gasteiger partial charge is 0.424 e. The van der Waals surface area contributed by atoms with E-state index in [0.717, 1.165) is 15.2 Å². The number of ether oxygens (including phenoxy) is 1. The van der Waals surface area contributed by atoms with E-state index < -0.39 is 0 Å². The number of benzene rings is 2. The van der Waals surface area contributed by atoms with Crippen LogP contribution in [0, 0.1) is 0 Å². The number of nitrogens with zero attached hydrogens (tertiary/aromatic N) is 3. The zero-order valence-corrected chi connectivity index (χ0v) is 13.3. The summed E-state index contributed by atoms with van der Waals surface area (Å²) in [6.45, 7) is 0. The number of nitrogens with one attached hydrogen (secondary N) is 1. The fourth-order valence-electron chi connectivity index (χ4n) is 1.85. The second-order valence-corrected chi connectivity index (χ2v) is 5.47. The van der Waals surface area contributed by atoms with Crippen molar-refractivity contribution in [3.63, 3.8) is 0 Å². The van der Waals surface area contributed by atoms with Crippen LogP contribution in [0.3, 0.4) is 0 Å². The van der Waals surface area contributed by atoms with Gasteiger partial charge in [-0.15, -0.1) is 0 Å². The molecule has 7 heteroatoms. The van der Waals surface area contributed by atoms with Crippen LogP contribution in [0.1, 0.15) is 0 Å². The standard InChI is InChI=1S/C14H10BrClN4O/c1-17-13-18-12(16)19-14(20-13)21-11-5-3-8-6-10(15)4-2-9(8)7-11/h2-7H,1H3,(H,17,18,19,20). The zero-order valence-electron chi connectivity index (χ0n) is 11.0. The Morgan fingerprint density at radius 1 is 1.05 bits per heavy atom. The van der Waals surface area contributed by atoms with Crippen LogP contribution in [0.25, 0.3) is 10.8 Å². The van der Waals surface area contributed by atoms with E-state index >= 15 is 0 Å². The Kier molecular flexibility index (Phi) is 3.90. The van der Waals surface area contributed by atoms with E-state index in [0.29, 0.717) is 11.7 Å². The molecule has 2 aromatic carbocycles. The molecule has 0 bridgehead atoms. The first kappa shape index (κ1) is 14.0. The van der Waals surface area contributed by atoms with Gasteiger partial charge in [0.1, 0.15) is 5.75 Å². The molecule has 1 N–H and O–H groups in total. The highest BCUT2D eigenvalue weighted by Gasteiger charge is 2.07. The van der Waals surface area contributed by atoms with Gasteiger partial charge in [0, 0.05) is 11.5 Å². The van der Waals surface area contributed by atoms with Gasteiger partial charge >= 0.3 is 6.01 Å². The van der Waals surface area contributed by atoms with E-state index in [9.17, 15) is 0 Å². The molecule has 5 nitrogen and oxygen atoms in total. The van der Waals surface area contributed by atoms with Crippen LogP contribution in [0.15, 0.2) is 40.9 Å². The molecule has 0 fully saturated rings. The molecule has 0 aliphatic carbocycles. The third kappa shape index (κ3) is 3.22. The van der Waals surface area contributed by atoms with Crippen molar-refractivity contribution < 1.29 is 4.74 Å². The third-order valence-electron chi connectivity index (χ3n) is 2.79. The summed E-state index contributed by atoms with van der Waals surface area (Å²) in [6, 6.07) is 11.9. The Balaban J connectivity index is 1.94. The monoisotopic (exact) mass is 364 g/mol. The van der Waals surface area contributed by atoms with Crippen molar-refractivity contribution in [1.82, 2.24) is 15.0 Å². The molecular weight excluding hydrogens is 356 g/mol. The first-order chi connectivity index (χ1) is 10.1. The molecule has 0 aliphatic rings. The number of fused-ring (bicyclic) bond motifs is 1. The van der Waals surface area contributed by atoms with E-state index in [1.54, 1.807) is 7.05 Å².